The van der Waals surface area contributed by atoms with Gasteiger partial charge in [-0.15, -0.1) is 0 Å². The zero-order valence-electron chi connectivity index (χ0n) is 10.8. The van der Waals surface area contributed by atoms with Gasteiger partial charge >= 0.3 is 0 Å². The Morgan fingerprint density at radius 3 is 2.57 bits per heavy atom. The fourth-order valence-electron chi connectivity index (χ4n) is 2.01. The van der Waals surface area contributed by atoms with E-state index in [9.17, 15) is 9.18 Å². The van der Waals surface area contributed by atoms with Crippen molar-refractivity contribution in [2.75, 3.05) is 0 Å². The van der Waals surface area contributed by atoms with E-state index < -0.39 is 0 Å². The lowest BCUT2D eigenvalue weighted by Gasteiger charge is -2.08. The van der Waals surface area contributed by atoms with Crippen LogP contribution < -0.4 is 5.56 Å². The predicted octanol–water partition coefficient (Wildman–Crippen LogP) is 3.69. The number of halogens is 2. The first-order chi connectivity index (χ1) is 10.1. The average Bonchev–Trinajstić information content (AvgIpc) is 2.49. The van der Waals surface area contributed by atoms with Crippen LogP contribution >= 0.6 is 11.6 Å². The van der Waals surface area contributed by atoms with E-state index in [0.29, 0.717) is 22.0 Å². The van der Waals surface area contributed by atoms with Gasteiger partial charge in [-0.25, -0.2) is 4.39 Å². The van der Waals surface area contributed by atoms with Crippen LogP contribution in [0.4, 0.5) is 4.39 Å². The van der Waals surface area contributed by atoms with Crippen molar-refractivity contribution >= 4 is 11.6 Å². The Morgan fingerprint density at radius 1 is 1.00 bits per heavy atom. The molecule has 2 aromatic carbocycles. The fourth-order valence-corrected chi connectivity index (χ4v) is 2.22. The smallest absolute Gasteiger partial charge is 0.267 e. The first-order valence-corrected chi connectivity index (χ1v) is 6.64. The molecule has 0 fully saturated rings. The van der Waals surface area contributed by atoms with Crippen molar-refractivity contribution in [2.45, 2.75) is 0 Å². The van der Waals surface area contributed by atoms with Gasteiger partial charge in [0.15, 0.2) is 0 Å². The van der Waals surface area contributed by atoms with Gasteiger partial charge in [-0.05, 0) is 30.3 Å². The van der Waals surface area contributed by atoms with Gasteiger partial charge in [0.05, 0.1) is 16.4 Å². The number of hydrogen-bond donors (Lipinski definition) is 0. The molecular formula is C16H10ClFN2O. The maximum absolute atomic E-state index is 13.3. The molecule has 0 aliphatic rings. The second-order valence-electron chi connectivity index (χ2n) is 4.43. The minimum Gasteiger partial charge on any atom is -0.267 e. The topological polar surface area (TPSA) is 34.9 Å². The largest absolute Gasteiger partial charge is 0.271 e. The molecule has 3 rings (SSSR count). The summed E-state index contributed by atoms with van der Waals surface area (Å²) in [5, 5.41) is 4.69. The van der Waals surface area contributed by atoms with Gasteiger partial charge in [0.2, 0.25) is 0 Å². The molecule has 5 heteroatoms. The van der Waals surface area contributed by atoms with E-state index in [1.54, 1.807) is 42.5 Å². The second-order valence-corrected chi connectivity index (χ2v) is 4.84. The summed E-state index contributed by atoms with van der Waals surface area (Å²) in [5.41, 5.74) is 1.27. The van der Waals surface area contributed by atoms with E-state index in [1.165, 1.54) is 22.9 Å². The lowest BCUT2D eigenvalue weighted by atomic mass is 10.1. The molecule has 0 spiro atoms. The quantitative estimate of drug-likeness (QED) is 0.723. The standard InChI is InChI=1S/C16H10ClFN2O/c17-13-6-1-2-7-15(13)20-16(21)9-8-14(19-20)11-4-3-5-12(18)10-11/h1-10H. The highest BCUT2D eigenvalue weighted by molar-refractivity contribution is 6.32. The molecule has 0 radical (unpaired) electrons. The number of hydrogen-bond acceptors (Lipinski definition) is 2. The zero-order chi connectivity index (χ0) is 14.8. The zero-order valence-corrected chi connectivity index (χ0v) is 11.6. The van der Waals surface area contributed by atoms with E-state index in [2.05, 4.69) is 5.10 Å². The maximum Gasteiger partial charge on any atom is 0.271 e. The molecule has 1 aromatic heterocycles. The molecule has 3 aromatic rings. The number of aromatic nitrogens is 2. The van der Waals surface area contributed by atoms with Crippen LogP contribution in [0.25, 0.3) is 16.9 Å². The summed E-state index contributed by atoms with van der Waals surface area (Å²) in [6.07, 6.45) is 0. The first-order valence-electron chi connectivity index (χ1n) is 6.26. The van der Waals surface area contributed by atoms with Gasteiger partial charge in [0, 0.05) is 11.6 Å². The van der Waals surface area contributed by atoms with E-state index in [0.717, 1.165) is 0 Å². The Labute approximate surface area is 125 Å². The monoisotopic (exact) mass is 300 g/mol. The summed E-state index contributed by atoms with van der Waals surface area (Å²) in [6, 6.07) is 15.9. The molecule has 3 nitrogen and oxygen atoms in total. The Morgan fingerprint density at radius 2 is 1.81 bits per heavy atom. The van der Waals surface area contributed by atoms with Crippen molar-refractivity contribution in [3.05, 3.63) is 81.9 Å². The molecule has 0 aliphatic heterocycles. The van der Waals surface area contributed by atoms with Gasteiger partial charge in [-0.3, -0.25) is 4.79 Å². The Bertz CT molecular complexity index is 861. The average molecular weight is 301 g/mol. The van der Waals surface area contributed by atoms with Gasteiger partial charge < -0.3 is 0 Å². The number of para-hydroxylation sites is 1. The minimum atomic E-state index is -0.357. The molecular weight excluding hydrogens is 291 g/mol. The van der Waals surface area contributed by atoms with Gasteiger partial charge in [0.1, 0.15) is 5.82 Å². The van der Waals surface area contributed by atoms with Crippen molar-refractivity contribution < 1.29 is 4.39 Å². The van der Waals surface area contributed by atoms with Crippen LogP contribution in [0.5, 0.6) is 0 Å². The summed E-state index contributed by atoms with van der Waals surface area (Å²) in [4.78, 5) is 12.0. The molecule has 0 unspecified atom stereocenters. The van der Waals surface area contributed by atoms with Gasteiger partial charge in [0.25, 0.3) is 5.56 Å². The Hall–Kier alpha value is -2.46. The highest BCUT2D eigenvalue weighted by Gasteiger charge is 2.08. The van der Waals surface area contributed by atoms with E-state index >= 15 is 0 Å². The number of nitrogens with zero attached hydrogens (tertiary/aromatic N) is 2. The molecule has 0 amide bonds. The third-order valence-corrected chi connectivity index (χ3v) is 3.32. The van der Waals surface area contributed by atoms with Crippen LogP contribution in [0.1, 0.15) is 0 Å². The maximum atomic E-state index is 13.3. The SMILES string of the molecule is O=c1ccc(-c2cccc(F)c2)nn1-c1ccccc1Cl. The normalized spacial score (nSPS) is 10.6. The lowest BCUT2D eigenvalue weighted by Crippen LogP contribution is -2.20. The predicted molar refractivity (Wildman–Crippen MR) is 80.2 cm³/mol. The molecule has 0 atom stereocenters. The summed E-state index contributed by atoms with van der Waals surface area (Å²) >= 11 is 6.09. The molecule has 0 saturated heterocycles. The lowest BCUT2D eigenvalue weighted by molar-refractivity contribution is 0.628. The van der Waals surface area contributed by atoms with Crippen molar-refractivity contribution in [3.8, 4) is 16.9 Å². The van der Waals surface area contributed by atoms with Crippen LogP contribution in [0.2, 0.25) is 5.02 Å². The summed E-state index contributed by atoms with van der Waals surface area (Å²) in [6.45, 7) is 0. The molecule has 104 valence electrons. The van der Waals surface area contributed by atoms with Crippen LogP contribution in [-0.4, -0.2) is 9.78 Å². The molecule has 0 saturated carbocycles. The summed E-state index contributed by atoms with van der Waals surface area (Å²) < 4.78 is 14.5. The van der Waals surface area contributed by atoms with Crippen LogP contribution in [0.15, 0.2) is 65.5 Å². The van der Waals surface area contributed by atoms with E-state index in [-0.39, 0.29) is 11.4 Å². The second kappa shape index (κ2) is 5.50. The van der Waals surface area contributed by atoms with Crippen molar-refractivity contribution in [3.63, 3.8) is 0 Å². The molecule has 0 N–H and O–H groups in total. The van der Waals surface area contributed by atoms with Crippen LogP contribution in [0.3, 0.4) is 0 Å². The number of rotatable bonds is 2. The fraction of sp³-hybridized carbons (Fsp3) is 0. The molecule has 0 aliphatic carbocycles. The van der Waals surface area contributed by atoms with Crippen molar-refractivity contribution in [2.24, 2.45) is 0 Å². The molecule has 1 heterocycles. The van der Waals surface area contributed by atoms with Crippen molar-refractivity contribution in [1.82, 2.24) is 9.78 Å². The Kier molecular flexibility index (Phi) is 3.54. The Balaban J connectivity index is 2.18. The minimum absolute atomic E-state index is 0.303. The number of benzene rings is 2. The van der Waals surface area contributed by atoms with Gasteiger partial charge in [-0.2, -0.15) is 9.78 Å². The van der Waals surface area contributed by atoms with Crippen molar-refractivity contribution in [1.29, 1.82) is 0 Å². The van der Waals surface area contributed by atoms with E-state index in [1.807, 2.05) is 0 Å². The first kappa shape index (κ1) is 13.5. The molecule has 21 heavy (non-hydrogen) atoms. The molecule has 0 bridgehead atoms. The van der Waals surface area contributed by atoms with Crippen LogP contribution in [0, 0.1) is 5.82 Å². The van der Waals surface area contributed by atoms with Crippen LogP contribution in [-0.2, 0) is 0 Å². The summed E-state index contributed by atoms with van der Waals surface area (Å²) in [7, 11) is 0. The van der Waals surface area contributed by atoms with E-state index in [4.69, 9.17) is 11.6 Å². The third-order valence-electron chi connectivity index (χ3n) is 3.00. The van der Waals surface area contributed by atoms with Gasteiger partial charge in [-0.1, -0.05) is 35.9 Å². The third kappa shape index (κ3) is 2.71. The highest BCUT2D eigenvalue weighted by Crippen LogP contribution is 2.20. The highest BCUT2D eigenvalue weighted by atomic mass is 35.5. The summed E-state index contributed by atoms with van der Waals surface area (Å²) in [5.74, 6) is -0.357.